The lowest BCUT2D eigenvalue weighted by Gasteiger charge is -2.33. The van der Waals surface area contributed by atoms with Crippen LogP contribution in [0.4, 0.5) is 0 Å². The van der Waals surface area contributed by atoms with Crippen molar-refractivity contribution in [1.29, 1.82) is 0 Å². The summed E-state index contributed by atoms with van der Waals surface area (Å²) in [6.45, 7) is 9.51. The first-order chi connectivity index (χ1) is 19.3. The third kappa shape index (κ3) is 5.67. The van der Waals surface area contributed by atoms with Crippen molar-refractivity contribution in [1.82, 2.24) is 30.1 Å². The SMILES string of the molecule is CCC(C)(C)n1nnnc1C(c1cc2ccc(C)cc2[nH]c1=O)N(Cc1ccccc1)Cc1ccc(OC)cc1. The van der Waals surface area contributed by atoms with Crippen LogP contribution in [0, 0.1) is 6.92 Å². The largest absolute Gasteiger partial charge is 0.497 e. The first-order valence-electron chi connectivity index (χ1n) is 13.6. The topological polar surface area (TPSA) is 88.9 Å². The van der Waals surface area contributed by atoms with Crippen molar-refractivity contribution in [3.63, 3.8) is 0 Å². The van der Waals surface area contributed by atoms with Gasteiger partial charge < -0.3 is 9.72 Å². The number of rotatable bonds is 10. The lowest BCUT2D eigenvalue weighted by Crippen LogP contribution is -2.38. The van der Waals surface area contributed by atoms with Gasteiger partial charge in [0.15, 0.2) is 5.82 Å². The molecule has 8 heteroatoms. The Bertz CT molecular complexity index is 1640. The maximum atomic E-state index is 13.8. The quantitative estimate of drug-likeness (QED) is 0.244. The number of hydrogen-bond donors (Lipinski definition) is 1. The van der Waals surface area contributed by atoms with E-state index in [0.717, 1.165) is 39.8 Å². The smallest absolute Gasteiger partial charge is 0.253 e. The highest BCUT2D eigenvalue weighted by atomic mass is 16.5. The summed E-state index contributed by atoms with van der Waals surface area (Å²) in [6.07, 6.45) is 0.822. The second kappa shape index (κ2) is 11.4. The number of H-pyrrole nitrogens is 1. The number of nitrogens with zero attached hydrogens (tertiary/aromatic N) is 5. The van der Waals surface area contributed by atoms with Crippen molar-refractivity contribution in [2.45, 2.75) is 58.8 Å². The minimum absolute atomic E-state index is 0.153. The van der Waals surface area contributed by atoms with Gasteiger partial charge in [0.2, 0.25) is 0 Å². The first kappa shape index (κ1) is 27.3. The maximum absolute atomic E-state index is 13.8. The molecular weight excluding hydrogens is 500 g/mol. The zero-order chi connectivity index (χ0) is 28.3. The van der Waals surface area contributed by atoms with E-state index in [9.17, 15) is 4.79 Å². The molecule has 0 radical (unpaired) electrons. The molecule has 206 valence electrons. The molecule has 1 atom stereocenters. The molecule has 0 saturated carbocycles. The fourth-order valence-electron chi connectivity index (χ4n) is 5.00. The Hall–Kier alpha value is -4.30. The van der Waals surface area contributed by atoms with Crippen molar-refractivity contribution in [2.75, 3.05) is 7.11 Å². The van der Waals surface area contributed by atoms with Crippen LogP contribution in [0.1, 0.15) is 61.3 Å². The minimum Gasteiger partial charge on any atom is -0.497 e. The van der Waals surface area contributed by atoms with E-state index in [4.69, 9.17) is 4.74 Å². The van der Waals surface area contributed by atoms with Crippen molar-refractivity contribution in [3.05, 3.63) is 117 Å². The minimum atomic E-state index is -0.516. The molecule has 5 rings (SSSR count). The summed E-state index contributed by atoms with van der Waals surface area (Å²) in [4.78, 5) is 19.2. The van der Waals surface area contributed by atoms with Gasteiger partial charge >= 0.3 is 0 Å². The molecule has 0 bridgehead atoms. The lowest BCUT2D eigenvalue weighted by molar-refractivity contribution is 0.180. The fraction of sp³-hybridized carbons (Fsp3) is 0.312. The monoisotopic (exact) mass is 536 g/mol. The number of fused-ring (bicyclic) bond motifs is 1. The van der Waals surface area contributed by atoms with Crippen molar-refractivity contribution < 1.29 is 4.74 Å². The van der Waals surface area contributed by atoms with E-state index >= 15 is 0 Å². The third-order valence-corrected chi connectivity index (χ3v) is 7.64. The second-order valence-corrected chi connectivity index (χ2v) is 10.9. The molecule has 3 aromatic carbocycles. The van der Waals surface area contributed by atoms with Crippen LogP contribution in [0.3, 0.4) is 0 Å². The van der Waals surface area contributed by atoms with Gasteiger partial charge in [-0.2, -0.15) is 0 Å². The van der Waals surface area contributed by atoms with Crippen LogP contribution in [0.5, 0.6) is 5.75 Å². The predicted octanol–water partition coefficient (Wildman–Crippen LogP) is 5.77. The average Bonchev–Trinajstić information content (AvgIpc) is 3.45. The number of methoxy groups -OCH3 is 1. The summed E-state index contributed by atoms with van der Waals surface area (Å²) in [5.41, 5.74) is 4.21. The van der Waals surface area contributed by atoms with Crippen molar-refractivity contribution in [3.8, 4) is 5.75 Å². The number of nitrogens with one attached hydrogen (secondary N) is 1. The highest BCUT2D eigenvalue weighted by Gasteiger charge is 2.34. The molecule has 40 heavy (non-hydrogen) atoms. The molecule has 1 N–H and O–H groups in total. The number of hydrogen-bond acceptors (Lipinski definition) is 6. The molecule has 0 amide bonds. The van der Waals surface area contributed by atoms with E-state index < -0.39 is 6.04 Å². The van der Waals surface area contributed by atoms with Gasteiger partial charge in [0.25, 0.3) is 5.56 Å². The molecule has 0 spiro atoms. The molecule has 0 aliphatic heterocycles. The summed E-state index contributed by atoms with van der Waals surface area (Å²) in [5, 5.41) is 14.1. The number of tetrazole rings is 1. The Morgan fingerprint density at radius 2 is 1.68 bits per heavy atom. The van der Waals surface area contributed by atoms with Gasteiger partial charge in [0.1, 0.15) is 11.8 Å². The molecule has 0 aliphatic carbocycles. The Balaban J connectivity index is 1.72. The number of aromatic amines is 1. The molecular formula is C32H36N6O2. The Morgan fingerprint density at radius 1 is 0.975 bits per heavy atom. The van der Waals surface area contributed by atoms with E-state index in [1.54, 1.807) is 7.11 Å². The normalized spacial score (nSPS) is 12.7. The van der Waals surface area contributed by atoms with Crippen molar-refractivity contribution in [2.24, 2.45) is 0 Å². The van der Waals surface area contributed by atoms with Crippen LogP contribution in [-0.2, 0) is 18.6 Å². The maximum Gasteiger partial charge on any atom is 0.253 e. The summed E-state index contributed by atoms with van der Waals surface area (Å²) in [5.74, 6) is 1.43. The van der Waals surface area contributed by atoms with Gasteiger partial charge in [-0.15, -0.1) is 5.10 Å². The molecule has 2 aromatic heterocycles. The molecule has 5 aromatic rings. The summed E-state index contributed by atoms with van der Waals surface area (Å²) in [7, 11) is 1.66. The van der Waals surface area contributed by atoms with Crippen molar-refractivity contribution >= 4 is 10.9 Å². The molecule has 2 heterocycles. The van der Waals surface area contributed by atoms with Crippen LogP contribution in [0.15, 0.2) is 83.7 Å². The molecule has 8 nitrogen and oxygen atoms in total. The van der Waals surface area contributed by atoms with E-state index in [-0.39, 0.29) is 11.1 Å². The van der Waals surface area contributed by atoms with Crippen LogP contribution in [-0.4, -0.2) is 37.2 Å². The first-order valence-corrected chi connectivity index (χ1v) is 13.6. The summed E-state index contributed by atoms with van der Waals surface area (Å²) >= 11 is 0. The van der Waals surface area contributed by atoms with Crippen LogP contribution in [0.2, 0.25) is 0 Å². The Morgan fingerprint density at radius 3 is 2.35 bits per heavy atom. The van der Waals surface area contributed by atoms with Gasteiger partial charge in [-0.05, 0) is 84.0 Å². The lowest BCUT2D eigenvalue weighted by atomic mass is 9.98. The average molecular weight is 537 g/mol. The van der Waals surface area contributed by atoms with E-state index in [0.29, 0.717) is 24.5 Å². The molecule has 1 unspecified atom stereocenters. The highest BCUT2D eigenvalue weighted by molar-refractivity contribution is 5.79. The van der Waals surface area contributed by atoms with Gasteiger partial charge in [0.05, 0.1) is 12.6 Å². The number of benzene rings is 3. The van der Waals surface area contributed by atoms with Gasteiger partial charge in [-0.1, -0.05) is 61.5 Å². The molecule has 0 aliphatic rings. The standard InChI is InChI=1S/C32H36N6O2/c1-6-32(3,4)38-30(34-35-36-38)29(27-19-25-15-12-22(2)18-28(25)33-31(27)39)37(20-23-10-8-7-9-11-23)21-24-13-16-26(40-5)17-14-24/h7-19,29H,6,20-21H2,1-5H3,(H,33,39). The van der Waals surface area contributed by atoms with E-state index in [1.165, 1.54) is 0 Å². The van der Waals surface area contributed by atoms with Crippen LogP contribution < -0.4 is 10.3 Å². The Kier molecular flexibility index (Phi) is 7.80. The Labute approximate surface area is 234 Å². The zero-order valence-corrected chi connectivity index (χ0v) is 23.8. The highest BCUT2D eigenvalue weighted by Crippen LogP contribution is 2.33. The predicted molar refractivity (Wildman–Crippen MR) is 157 cm³/mol. The summed E-state index contributed by atoms with van der Waals surface area (Å²) < 4.78 is 7.26. The fourth-order valence-corrected chi connectivity index (χ4v) is 5.00. The molecule has 0 saturated heterocycles. The number of aryl methyl sites for hydroxylation is 1. The van der Waals surface area contributed by atoms with E-state index in [1.807, 2.05) is 60.1 Å². The van der Waals surface area contributed by atoms with Crippen LogP contribution >= 0.6 is 0 Å². The van der Waals surface area contributed by atoms with Gasteiger partial charge in [0, 0.05) is 24.2 Å². The number of ether oxygens (including phenoxy) is 1. The second-order valence-electron chi connectivity index (χ2n) is 10.9. The number of pyridine rings is 1. The zero-order valence-electron chi connectivity index (χ0n) is 23.8. The molecule has 0 fully saturated rings. The van der Waals surface area contributed by atoms with Gasteiger partial charge in [-0.25, -0.2) is 4.68 Å². The third-order valence-electron chi connectivity index (χ3n) is 7.64. The number of aromatic nitrogens is 5. The van der Waals surface area contributed by atoms with Crippen LogP contribution in [0.25, 0.3) is 10.9 Å². The van der Waals surface area contributed by atoms with E-state index in [2.05, 4.69) is 76.5 Å². The van der Waals surface area contributed by atoms with Gasteiger partial charge in [-0.3, -0.25) is 9.69 Å². The summed E-state index contributed by atoms with van der Waals surface area (Å²) in [6, 6.07) is 25.9.